The summed E-state index contributed by atoms with van der Waals surface area (Å²) >= 11 is 0. The molecule has 2 heteroatoms. The van der Waals surface area contributed by atoms with Crippen LogP contribution in [0.5, 0.6) is 0 Å². The minimum Gasteiger partial charge on any atom is -0.397 e. The molecule has 0 atom stereocenters. The number of aliphatic hydroxyl groups is 1. The van der Waals surface area contributed by atoms with Crippen molar-refractivity contribution in [3.63, 3.8) is 0 Å². The van der Waals surface area contributed by atoms with Crippen LogP contribution < -0.4 is 0 Å². The Morgan fingerprint density at radius 2 is 1.17 bits per heavy atom. The summed E-state index contributed by atoms with van der Waals surface area (Å²) < 4.78 is 0. The summed E-state index contributed by atoms with van der Waals surface area (Å²) in [6.07, 6.45) is 2.71. The van der Waals surface area contributed by atoms with Crippen LogP contribution in [-0.2, 0) is 0 Å². The quantitative estimate of drug-likeness (QED) is 0.784. The van der Waals surface area contributed by atoms with Crippen LogP contribution in [0.4, 0.5) is 0 Å². The van der Waals surface area contributed by atoms with E-state index in [1.165, 1.54) is 12.8 Å². The SMILES string of the molecule is CCCC(C)C.CCN(C(C)C)C(C)C.CCO. The van der Waals surface area contributed by atoms with E-state index in [1.807, 2.05) is 0 Å². The summed E-state index contributed by atoms with van der Waals surface area (Å²) in [4.78, 5) is 2.46. The number of aliphatic hydroxyl groups excluding tert-OH is 1. The van der Waals surface area contributed by atoms with Crippen molar-refractivity contribution < 1.29 is 5.11 Å². The van der Waals surface area contributed by atoms with Crippen LogP contribution in [0, 0.1) is 5.92 Å². The average molecular weight is 261 g/mol. The molecule has 0 unspecified atom stereocenters. The largest absolute Gasteiger partial charge is 0.397 e. The Balaban J connectivity index is -0.000000216. The van der Waals surface area contributed by atoms with Gasteiger partial charge in [-0.15, -0.1) is 0 Å². The highest BCUT2D eigenvalue weighted by molar-refractivity contribution is 4.64. The first-order valence-corrected chi connectivity index (χ1v) is 7.64. The van der Waals surface area contributed by atoms with Gasteiger partial charge in [0.2, 0.25) is 0 Å². The van der Waals surface area contributed by atoms with E-state index >= 15 is 0 Å². The van der Waals surface area contributed by atoms with Crippen LogP contribution in [0.15, 0.2) is 0 Å². The first-order valence-electron chi connectivity index (χ1n) is 7.64. The fourth-order valence-electron chi connectivity index (χ4n) is 1.90. The van der Waals surface area contributed by atoms with E-state index in [-0.39, 0.29) is 6.61 Å². The highest BCUT2D eigenvalue weighted by Gasteiger charge is 2.08. The minimum absolute atomic E-state index is 0.250. The van der Waals surface area contributed by atoms with Crippen LogP contribution in [0.2, 0.25) is 0 Å². The van der Waals surface area contributed by atoms with E-state index in [2.05, 4.69) is 60.3 Å². The Morgan fingerprint density at radius 3 is 1.17 bits per heavy atom. The van der Waals surface area contributed by atoms with Crippen LogP contribution >= 0.6 is 0 Å². The van der Waals surface area contributed by atoms with Crippen LogP contribution in [-0.4, -0.2) is 35.2 Å². The molecule has 1 N–H and O–H groups in total. The number of hydrogen-bond acceptors (Lipinski definition) is 2. The fourth-order valence-corrected chi connectivity index (χ4v) is 1.90. The second-order valence-corrected chi connectivity index (χ2v) is 5.52. The van der Waals surface area contributed by atoms with Crippen molar-refractivity contribution in [2.45, 2.75) is 87.2 Å². The minimum atomic E-state index is 0.250. The number of nitrogens with zero attached hydrogens (tertiary/aromatic N) is 1. The van der Waals surface area contributed by atoms with E-state index in [4.69, 9.17) is 5.11 Å². The maximum absolute atomic E-state index is 7.57. The van der Waals surface area contributed by atoms with Crippen molar-refractivity contribution in [2.24, 2.45) is 5.92 Å². The molecule has 0 aliphatic rings. The van der Waals surface area contributed by atoms with Crippen molar-refractivity contribution in [1.82, 2.24) is 4.90 Å². The predicted molar refractivity (Wildman–Crippen MR) is 85.2 cm³/mol. The monoisotopic (exact) mass is 261 g/mol. The Morgan fingerprint density at radius 1 is 0.833 bits per heavy atom. The lowest BCUT2D eigenvalue weighted by molar-refractivity contribution is 0.185. The molecule has 0 bridgehead atoms. The van der Waals surface area contributed by atoms with Gasteiger partial charge in [0.25, 0.3) is 0 Å². The average Bonchev–Trinajstić information content (AvgIpc) is 2.18. The molecule has 0 aliphatic carbocycles. The van der Waals surface area contributed by atoms with Gasteiger partial charge in [0.15, 0.2) is 0 Å². The zero-order valence-electron chi connectivity index (χ0n) is 14.5. The van der Waals surface area contributed by atoms with E-state index in [1.54, 1.807) is 6.92 Å². The first kappa shape index (κ1) is 23.0. The maximum atomic E-state index is 7.57. The summed E-state index contributed by atoms with van der Waals surface area (Å²) in [7, 11) is 0. The van der Waals surface area contributed by atoms with Gasteiger partial charge in [-0.1, -0.05) is 40.5 Å². The Hall–Kier alpha value is -0.0800. The lowest BCUT2D eigenvalue weighted by Crippen LogP contribution is -2.36. The van der Waals surface area contributed by atoms with Gasteiger partial charge >= 0.3 is 0 Å². The summed E-state index contributed by atoms with van der Waals surface area (Å²) in [6.45, 7) is 21.0. The third kappa shape index (κ3) is 21.2. The van der Waals surface area contributed by atoms with Gasteiger partial charge in [0, 0.05) is 18.7 Å². The van der Waals surface area contributed by atoms with E-state index < -0.39 is 0 Å². The van der Waals surface area contributed by atoms with Gasteiger partial charge in [0.1, 0.15) is 0 Å². The molecule has 0 saturated heterocycles. The topological polar surface area (TPSA) is 23.5 Å². The Kier molecular flexibility index (Phi) is 21.7. The molecule has 2 nitrogen and oxygen atoms in total. The molecule has 114 valence electrons. The molecule has 0 amide bonds. The zero-order chi connectivity index (χ0) is 15.1. The predicted octanol–water partition coefficient (Wildman–Crippen LogP) is 4.57. The van der Waals surface area contributed by atoms with Gasteiger partial charge in [0.05, 0.1) is 0 Å². The third-order valence-electron chi connectivity index (χ3n) is 2.56. The van der Waals surface area contributed by atoms with E-state index in [9.17, 15) is 0 Å². The first-order chi connectivity index (χ1) is 8.28. The van der Waals surface area contributed by atoms with Crippen LogP contribution in [0.3, 0.4) is 0 Å². The van der Waals surface area contributed by atoms with Crippen molar-refractivity contribution in [3.05, 3.63) is 0 Å². The van der Waals surface area contributed by atoms with E-state index in [0.717, 1.165) is 12.5 Å². The molecule has 0 rings (SSSR count). The van der Waals surface area contributed by atoms with E-state index in [0.29, 0.717) is 12.1 Å². The molecule has 0 spiro atoms. The molecule has 0 aromatic carbocycles. The lowest BCUT2D eigenvalue weighted by Gasteiger charge is -2.28. The van der Waals surface area contributed by atoms with Gasteiger partial charge in [-0.3, -0.25) is 4.90 Å². The molecule has 0 aromatic rings. The molecule has 0 radical (unpaired) electrons. The van der Waals surface area contributed by atoms with Crippen molar-refractivity contribution in [1.29, 1.82) is 0 Å². The molecule has 0 fully saturated rings. The Labute approximate surface area is 117 Å². The van der Waals surface area contributed by atoms with Crippen LogP contribution in [0.1, 0.15) is 75.2 Å². The van der Waals surface area contributed by atoms with Gasteiger partial charge in [-0.2, -0.15) is 0 Å². The maximum Gasteiger partial charge on any atom is 0.0402 e. The van der Waals surface area contributed by atoms with Gasteiger partial charge in [-0.25, -0.2) is 0 Å². The van der Waals surface area contributed by atoms with Crippen molar-refractivity contribution in [3.8, 4) is 0 Å². The second kappa shape index (κ2) is 16.9. The third-order valence-corrected chi connectivity index (χ3v) is 2.56. The molecule has 0 aromatic heterocycles. The lowest BCUT2D eigenvalue weighted by atomic mass is 10.1. The molecule has 18 heavy (non-hydrogen) atoms. The molecule has 0 saturated carbocycles. The smallest absolute Gasteiger partial charge is 0.0402 e. The highest BCUT2D eigenvalue weighted by atomic mass is 16.2. The summed E-state index contributed by atoms with van der Waals surface area (Å²) in [6, 6.07) is 1.38. The second-order valence-electron chi connectivity index (χ2n) is 5.52. The van der Waals surface area contributed by atoms with Gasteiger partial charge in [-0.05, 0) is 47.1 Å². The summed E-state index contributed by atoms with van der Waals surface area (Å²) in [5.41, 5.74) is 0. The van der Waals surface area contributed by atoms with Gasteiger partial charge < -0.3 is 5.11 Å². The zero-order valence-corrected chi connectivity index (χ0v) is 14.5. The normalized spacial score (nSPS) is 10.3. The molecule has 0 aliphatic heterocycles. The molecular formula is C16H39NO. The summed E-state index contributed by atoms with van der Waals surface area (Å²) in [5, 5.41) is 7.57. The Bertz CT molecular complexity index is 125. The summed E-state index contributed by atoms with van der Waals surface area (Å²) in [5.74, 6) is 0.898. The molecule has 0 heterocycles. The molecular weight excluding hydrogens is 222 g/mol. The van der Waals surface area contributed by atoms with Crippen LogP contribution in [0.25, 0.3) is 0 Å². The standard InChI is InChI=1S/C8H19N.C6H14.C2H6O/c1-6-9(7(2)3)8(4)5;1-4-5-6(2)3;1-2-3/h7-8H,6H2,1-5H3;6H,4-5H2,1-3H3;3H,2H2,1H3. The highest BCUT2D eigenvalue weighted by Crippen LogP contribution is 2.02. The number of hydrogen-bond donors (Lipinski definition) is 1. The fraction of sp³-hybridized carbons (Fsp3) is 1.00. The van der Waals surface area contributed by atoms with Crippen molar-refractivity contribution in [2.75, 3.05) is 13.2 Å². The number of rotatable bonds is 5. The van der Waals surface area contributed by atoms with Crippen molar-refractivity contribution >= 4 is 0 Å².